The van der Waals surface area contributed by atoms with Crippen molar-refractivity contribution in [2.24, 2.45) is 0 Å². The minimum atomic E-state index is -1.75. The van der Waals surface area contributed by atoms with Gasteiger partial charge in [0, 0.05) is 21.5 Å². The number of esters is 2. The molecular weight excluding hydrogens is 1260 g/mol. The number of benzene rings is 9. The molecule has 25 heteroatoms. The van der Waals surface area contributed by atoms with E-state index in [-0.39, 0.29) is 39.6 Å². The molecule has 12 aromatic rings. The third-order valence-corrected chi connectivity index (χ3v) is 15.7. The van der Waals surface area contributed by atoms with E-state index in [4.69, 9.17) is 15.2 Å². The van der Waals surface area contributed by atoms with Crippen molar-refractivity contribution in [2.45, 2.75) is 0 Å². The average Bonchev–Trinajstić information content (AvgIpc) is 3.51. The van der Waals surface area contributed by atoms with E-state index in [0.717, 1.165) is 87.7 Å². The first-order valence-electron chi connectivity index (χ1n) is 25.4. The normalized spacial score (nSPS) is 10.7. The molecule has 0 bridgehead atoms. The van der Waals surface area contributed by atoms with Gasteiger partial charge < -0.3 is 40.6 Å². The molecule has 3 heterocycles. The zero-order valence-electron chi connectivity index (χ0n) is 45.0. The van der Waals surface area contributed by atoms with Crippen LogP contribution in [0.3, 0.4) is 0 Å². The summed E-state index contributed by atoms with van der Waals surface area (Å²) < 4.78 is 93.0. The third-order valence-electron chi connectivity index (χ3n) is 12.4. The number of thiazole rings is 3. The van der Waals surface area contributed by atoms with Crippen LogP contribution in [0, 0.1) is 34.9 Å². The fourth-order valence-corrected chi connectivity index (χ4v) is 11.1. The molecule has 0 aliphatic rings. The Morgan fingerprint density at radius 2 is 0.770 bits per heavy atom. The monoisotopic (exact) mass is 1300 g/mol. The van der Waals surface area contributed by atoms with E-state index in [9.17, 15) is 40.7 Å². The second-order valence-electron chi connectivity index (χ2n) is 18.2. The van der Waals surface area contributed by atoms with E-state index in [0.29, 0.717) is 21.4 Å². The number of ether oxygens (including phenoxy) is 2. The Kier molecular flexibility index (Phi) is 20.1. The van der Waals surface area contributed by atoms with Crippen molar-refractivity contribution in [1.29, 1.82) is 0 Å². The van der Waals surface area contributed by atoms with Crippen LogP contribution in [0.15, 0.2) is 186 Å². The maximum Gasteiger partial charge on any atom is 0.488 e. The van der Waals surface area contributed by atoms with Crippen LogP contribution in [0.2, 0.25) is 0 Å². The summed E-state index contributed by atoms with van der Waals surface area (Å²) in [6, 6.07) is 47.5. The van der Waals surface area contributed by atoms with Gasteiger partial charge in [0.1, 0.15) is 34.9 Å². The quantitative estimate of drug-likeness (QED) is 0.0383. The summed E-state index contributed by atoms with van der Waals surface area (Å²) in [4.78, 5) is 46.5. The zero-order chi connectivity index (χ0) is 61.9. The van der Waals surface area contributed by atoms with Crippen LogP contribution >= 0.6 is 49.9 Å². The highest BCUT2D eigenvalue weighted by Gasteiger charge is 2.18. The zero-order valence-corrected chi connectivity index (χ0v) is 49.0. The molecule has 14 nitrogen and oxygen atoms in total. The summed E-state index contributed by atoms with van der Waals surface area (Å²) in [6.45, 7) is 0. The number of carbonyl (C=O) groups excluding carboxylic acids is 2. The van der Waals surface area contributed by atoms with Crippen molar-refractivity contribution >= 4 is 144 Å². The first-order valence-corrected chi connectivity index (χ1v) is 28.6. The van der Waals surface area contributed by atoms with Gasteiger partial charge in [-0.25, -0.2) is 55.7 Å². The van der Waals surface area contributed by atoms with Crippen molar-refractivity contribution in [2.75, 3.05) is 30.2 Å². The molecule has 0 aliphatic carbocycles. The fraction of sp³-hybridized carbons (Fsp3) is 0.0323. The number of carbonyl (C=O) groups is 3. The van der Waals surface area contributed by atoms with E-state index in [1.807, 2.05) is 60.7 Å². The Hall–Kier alpha value is -9.50. The molecule has 0 spiro atoms. The number of halogens is 7. The lowest BCUT2D eigenvalue weighted by atomic mass is 9.80. The summed E-state index contributed by atoms with van der Waals surface area (Å²) in [7, 11) is 0.594. The summed E-state index contributed by atoms with van der Waals surface area (Å²) in [5.74, 6) is -5.89. The first kappa shape index (κ1) is 62.0. The summed E-state index contributed by atoms with van der Waals surface area (Å²) in [5, 5.41) is 37.9. The topological polar surface area (TPSA) is 205 Å². The molecule has 0 atom stereocenters. The van der Waals surface area contributed by atoms with Crippen molar-refractivity contribution in [3.05, 3.63) is 238 Å². The number of anilines is 6. The molecule has 0 amide bonds. The summed E-state index contributed by atoms with van der Waals surface area (Å²) in [5.41, 5.74) is 6.85. The Labute approximate surface area is 511 Å². The molecule has 0 saturated carbocycles. The van der Waals surface area contributed by atoms with E-state index in [2.05, 4.69) is 56.3 Å². The molecule has 0 aliphatic heterocycles. The van der Waals surface area contributed by atoms with Gasteiger partial charge in [-0.3, -0.25) is 0 Å². The molecule has 87 heavy (non-hydrogen) atoms. The number of hydrogen-bond donors (Lipinski definition) is 6. The van der Waals surface area contributed by atoms with Crippen molar-refractivity contribution in [3.63, 3.8) is 0 Å². The second-order valence-corrected chi connectivity index (χ2v) is 22.2. The number of hydrogen-bond acceptors (Lipinski definition) is 16. The molecule has 0 unspecified atom stereocenters. The average molecular weight is 1300 g/mol. The highest BCUT2D eigenvalue weighted by atomic mass is 79.9. The lowest BCUT2D eigenvalue weighted by molar-refractivity contribution is 0.0586. The Balaban J connectivity index is 0.000000143. The molecule has 0 radical (unpaired) electrons. The molecule has 9 aromatic carbocycles. The van der Waals surface area contributed by atoms with E-state index < -0.39 is 42.5 Å². The van der Waals surface area contributed by atoms with Crippen LogP contribution in [0.25, 0.3) is 52.9 Å². The van der Waals surface area contributed by atoms with Gasteiger partial charge in [0.15, 0.2) is 15.4 Å². The number of methoxy groups -OCH3 is 2. The lowest BCUT2D eigenvalue weighted by Crippen LogP contribution is -2.30. The largest absolute Gasteiger partial charge is 0.488 e. The van der Waals surface area contributed by atoms with Gasteiger partial charge in [0.2, 0.25) is 0 Å². The van der Waals surface area contributed by atoms with Gasteiger partial charge in [0.05, 0.1) is 61.6 Å². The van der Waals surface area contributed by atoms with E-state index in [1.165, 1.54) is 108 Å². The number of aromatic carboxylic acids is 1. The smallest absolute Gasteiger partial charge is 0.478 e. The fourth-order valence-electron chi connectivity index (χ4n) is 8.06. The summed E-state index contributed by atoms with van der Waals surface area (Å²) in [6.07, 6.45) is 0. The van der Waals surface area contributed by atoms with Crippen LogP contribution in [0.4, 0.5) is 58.8 Å². The van der Waals surface area contributed by atoms with Gasteiger partial charge in [-0.2, -0.15) is 0 Å². The maximum atomic E-state index is 14.1. The van der Waals surface area contributed by atoms with E-state index in [1.54, 1.807) is 42.5 Å². The van der Waals surface area contributed by atoms with E-state index >= 15 is 0 Å². The standard InChI is InChI=1S/C21H14F2N2O2S.C20H12F2N2O2S.C13H8BrFN2S.C8H8BFO4/c1-27-20(26)16-8-4-13(10-17(16)23)12-2-6-15(7-3-12)24-21-25-18-9-5-14(22)11-19(18)28-21;21-13-4-8-17-18(10-13)27-20(24-17)23-14-5-1-11(2-6-14)12-3-7-15(19(25)26)16(22)9-12;14-8-1-4-10(5-2-8)16-13-17-11-6-3-9(15)7-12(11)18-13;1-14-8(11)6-3-2-5(9(12)13)4-7(6)10/h2-11H,1H3,(H,24,25);1-10H,(H,23,24)(H,25,26);1-7H,(H,16,17);2-4,12-13H,1H3. The SMILES string of the molecule is COC(=O)c1ccc(-c2ccc(Nc3nc4ccc(F)cc4s3)cc2)cc1F.COC(=O)c1ccc(B(O)O)cc1F.Fc1ccc2nc(Nc3ccc(Br)cc3)sc2c1.O=C(O)c1ccc(-c2ccc(Nc3nc4ccc(F)cc4s3)cc2)cc1F. The first-order chi connectivity index (χ1) is 41.8. The number of carboxylic acid groups (broad SMARTS) is 1. The lowest BCUT2D eigenvalue weighted by Gasteiger charge is -2.07. The third kappa shape index (κ3) is 16.1. The Morgan fingerprint density at radius 3 is 1.10 bits per heavy atom. The van der Waals surface area contributed by atoms with Crippen LogP contribution in [-0.2, 0) is 9.47 Å². The number of aromatic nitrogens is 3. The number of carboxylic acids is 1. The molecule has 0 saturated heterocycles. The number of rotatable bonds is 12. The Bertz CT molecular complexity index is 4470. The van der Waals surface area contributed by atoms with Gasteiger partial charge >= 0.3 is 25.0 Å². The van der Waals surface area contributed by atoms with Gasteiger partial charge in [0.25, 0.3) is 0 Å². The predicted molar refractivity (Wildman–Crippen MR) is 332 cm³/mol. The maximum absolute atomic E-state index is 14.1. The van der Waals surface area contributed by atoms with Crippen molar-refractivity contribution in [1.82, 2.24) is 15.0 Å². The minimum absolute atomic E-state index is 0.0184. The molecule has 6 N–H and O–H groups in total. The summed E-state index contributed by atoms with van der Waals surface area (Å²) >= 11 is 7.53. The van der Waals surface area contributed by atoms with Crippen LogP contribution in [-0.4, -0.2) is 69.4 Å². The number of fused-ring (bicyclic) bond motifs is 3. The molecule has 3 aromatic heterocycles. The van der Waals surface area contributed by atoms with Crippen LogP contribution in [0.5, 0.6) is 0 Å². The Morgan fingerprint density at radius 1 is 0.437 bits per heavy atom. The van der Waals surface area contributed by atoms with Crippen LogP contribution in [0.1, 0.15) is 31.1 Å². The van der Waals surface area contributed by atoms with Gasteiger partial charge in [-0.15, -0.1) is 0 Å². The highest BCUT2D eigenvalue weighted by Crippen LogP contribution is 2.34. The van der Waals surface area contributed by atoms with Crippen molar-refractivity contribution in [3.8, 4) is 22.3 Å². The molecular formula is C62H42BBrF6N6O8S3. The predicted octanol–water partition coefficient (Wildman–Crippen LogP) is 15.7. The molecule has 0 fully saturated rings. The molecule has 438 valence electrons. The van der Waals surface area contributed by atoms with Gasteiger partial charge in [-0.1, -0.05) is 92.4 Å². The van der Waals surface area contributed by atoms with Gasteiger partial charge in [-0.05, 0) is 167 Å². The van der Waals surface area contributed by atoms with Crippen LogP contribution < -0.4 is 21.4 Å². The minimum Gasteiger partial charge on any atom is -0.478 e. The molecule has 12 rings (SSSR count). The van der Waals surface area contributed by atoms with Crippen molar-refractivity contribution < 1.29 is 65.4 Å². The second kappa shape index (κ2) is 28.1. The number of nitrogens with one attached hydrogen (secondary N) is 3. The number of nitrogens with zero attached hydrogens (tertiary/aromatic N) is 3. The highest BCUT2D eigenvalue weighted by molar-refractivity contribution is 9.10.